The molecule has 1 aliphatic heterocycles. The molecule has 4 aromatic heterocycles. The summed E-state index contributed by atoms with van der Waals surface area (Å²) < 4.78 is 1.79. The smallest absolute Gasteiger partial charge is 0.257 e. The van der Waals surface area contributed by atoms with Gasteiger partial charge in [0.05, 0.1) is 23.0 Å². The zero-order valence-electron chi connectivity index (χ0n) is 19.5. The number of amides is 1. The van der Waals surface area contributed by atoms with E-state index in [-0.39, 0.29) is 5.91 Å². The Morgan fingerprint density at radius 3 is 2.71 bits per heavy atom. The normalized spacial score (nSPS) is 15.9. The molecule has 0 spiro atoms. The van der Waals surface area contributed by atoms with E-state index in [1.165, 1.54) is 6.42 Å². The van der Waals surface area contributed by atoms with Crippen molar-refractivity contribution in [1.82, 2.24) is 29.5 Å². The molecular weight excluding hydrogens is 438 g/mol. The van der Waals surface area contributed by atoms with Gasteiger partial charge in [0.2, 0.25) is 5.95 Å². The van der Waals surface area contributed by atoms with Gasteiger partial charge in [-0.25, -0.2) is 14.5 Å². The number of anilines is 2. The van der Waals surface area contributed by atoms with E-state index in [4.69, 9.17) is 4.98 Å². The predicted molar refractivity (Wildman–Crippen MR) is 135 cm³/mol. The molecule has 2 aliphatic rings. The fraction of sp³-hybridized carbons (Fsp3) is 0.296. The zero-order chi connectivity index (χ0) is 23.6. The third-order valence-corrected chi connectivity index (χ3v) is 6.77. The molecule has 1 N–H and O–H groups in total. The fourth-order valence-corrected chi connectivity index (χ4v) is 4.94. The number of hydrogen-bond acceptors (Lipinski definition) is 6. The summed E-state index contributed by atoms with van der Waals surface area (Å²) in [5.74, 6) is 0.652. The first kappa shape index (κ1) is 21.5. The number of aromatic nitrogens is 5. The molecule has 5 heterocycles. The van der Waals surface area contributed by atoms with Crippen LogP contribution >= 0.6 is 0 Å². The molecule has 1 saturated heterocycles. The van der Waals surface area contributed by atoms with Crippen molar-refractivity contribution in [1.29, 1.82) is 0 Å². The van der Waals surface area contributed by atoms with Crippen molar-refractivity contribution < 1.29 is 4.79 Å². The number of hydrogen-bond donors (Lipinski definition) is 1. The first-order valence-corrected chi connectivity index (χ1v) is 12.3. The van der Waals surface area contributed by atoms with Crippen molar-refractivity contribution >= 4 is 28.6 Å². The maximum absolute atomic E-state index is 13.2. The van der Waals surface area contributed by atoms with Gasteiger partial charge in [0.25, 0.3) is 5.91 Å². The number of piperidine rings is 1. The lowest BCUT2D eigenvalue weighted by molar-refractivity contribution is 0.0726. The number of likely N-dealkylation sites (tertiary alicyclic amines) is 1. The van der Waals surface area contributed by atoms with Gasteiger partial charge in [0, 0.05) is 49.1 Å². The Morgan fingerprint density at radius 2 is 1.86 bits per heavy atom. The van der Waals surface area contributed by atoms with Crippen LogP contribution in [0.2, 0.25) is 0 Å². The van der Waals surface area contributed by atoms with Gasteiger partial charge >= 0.3 is 0 Å². The number of nitrogens with zero attached hydrogens (tertiary/aromatic N) is 6. The van der Waals surface area contributed by atoms with Crippen LogP contribution in [0.5, 0.6) is 0 Å². The minimum Gasteiger partial charge on any atom is -0.339 e. The van der Waals surface area contributed by atoms with Crippen LogP contribution in [0.4, 0.5) is 11.6 Å². The van der Waals surface area contributed by atoms with Crippen LogP contribution in [0.3, 0.4) is 0 Å². The first-order valence-electron chi connectivity index (χ1n) is 12.3. The second-order valence-corrected chi connectivity index (χ2v) is 9.08. The lowest BCUT2D eigenvalue weighted by atomic mass is 9.98. The molecule has 0 saturated carbocycles. The largest absolute Gasteiger partial charge is 0.339 e. The molecule has 1 aliphatic carbocycles. The highest BCUT2D eigenvalue weighted by Crippen LogP contribution is 2.32. The molecule has 0 radical (unpaired) electrons. The van der Waals surface area contributed by atoms with Gasteiger partial charge in [-0.3, -0.25) is 9.78 Å². The molecule has 6 rings (SSSR count). The summed E-state index contributed by atoms with van der Waals surface area (Å²) >= 11 is 0. The second-order valence-electron chi connectivity index (χ2n) is 9.08. The Bertz CT molecular complexity index is 1400. The number of allylic oxidation sites excluding steroid dienone is 1. The van der Waals surface area contributed by atoms with Crippen LogP contribution in [0.25, 0.3) is 11.1 Å². The van der Waals surface area contributed by atoms with E-state index in [0.29, 0.717) is 11.5 Å². The van der Waals surface area contributed by atoms with Gasteiger partial charge in [0.15, 0.2) is 0 Å². The van der Waals surface area contributed by atoms with E-state index in [1.54, 1.807) is 23.1 Å². The Balaban J connectivity index is 1.34. The molecule has 0 bridgehead atoms. The Labute approximate surface area is 203 Å². The second kappa shape index (κ2) is 9.29. The van der Waals surface area contributed by atoms with Gasteiger partial charge in [-0.15, -0.1) is 0 Å². The summed E-state index contributed by atoms with van der Waals surface area (Å²) in [5.41, 5.74) is 6.62. The zero-order valence-corrected chi connectivity index (χ0v) is 19.5. The van der Waals surface area contributed by atoms with E-state index < -0.39 is 0 Å². The molecule has 8 heteroatoms. The average Bonchev–Trinajstić information content (AvgIpc) is 3.21. The molecule has 0 atom stereocenters. The predicted octanol–water partition coefficient (Wildman–Crippen LogP) is 4.66. The van der Waals surface area contributed by atoms with Gasteiger partial charge in [-0.05, 0) is 73.9 Å². The van der Waals surface area contributed by atoms with E-state index in [0.717, 1.165) is 78.8 Å². The van der Waals surface area contributed by atoms with Crippen molar-refractivity contribution in [3.63, 3.8) is 0 Å². The van der Waals surface area contributed by atoms with Crippen molar-refractivity contribution in [3.8, 4) is 0 Å². The molecule has 0 aromatic carbocycles. The topological polar surface area (TPSA) is 88.3 Å². The SMILES string of the molecule is O=C(c1cnn2ccc(C3=CCCCc4nc(Nc5ccncc5)ncc43)cc12)N1CCCCC1. The van der Waals surface area contributed by atoms with E-state index in [9.17, 15) is 4.79 Å². The monoisotopic (exact) mass is 465 g/mol. The van der Waals surface area contributed by atoms with Crippen molar-refractivity contribution in [2.45, 2.75) is 38.5 Å². The van der Waals surface area contributed by atoms with Gasteiger partial charge < -0.3 is 10.2 Å². The highest BCUT2D eigenvalue weighted by molar-refractivity contribution is 6.01. The molecule has 1 fully saturated rings. The molecule has 35 heavy (non-hydrogen) atoms. The summed E-state index contributed by atoms with van der Waals surface area (Å²) in [4.78, 5) is 28.7. The maximum Gasteiger partial charge on any atom is 0.257 e. The maximum atomic E-state index is 13.2. The van der Waals surface area contributed by atoms with Crippen molar-refractivity contribution in [2.24, 2.45) is 0 Å². The Morgan fingerprint density at radius 1 is 1.00 bits per heavy atom. The third kappa shape index (κ3) is 4.27. The standard InChI is InChI=1S/C27H27N7O/c35-26(33-13-4-1-5-14-33)23-18-30-34-15-10-19(16-25(23)34)21-6-2-3-7-24-22(21)17-29-27(32-24)31-20-8-11-28-12-9-20/h6,8-12,15-18H,1-5,7,13-14H2,(H,28,29,31,32). The molecule has 0 unspecified atom stereocenters. The molecule has 4 aromatic rings. The molecule has 1 amide bonds. The lowest BCUT2D eigenvalue weighted by Crippen LogP contribution is -2.35. The lowest BCUT2D eigenvalue weighted by Gasteiger charge is -2.26. The number of fused-ring (bicyclic) bond motifs is 2. The van der Waals surface area contributed by atoms with Crippen LogP contribution in [-0.4, -0.2) is 48.5 Å². The van der Waals surface area contributed by atoms with E-state index in [1.807, 2.05) is 29.4 Å². The summed E-state index contributed by atoms with van der Waals surface area (Å²) in [7, 11) is 0. The number of carbonyl (C=O) groups is 1. The van der Waals surface area contributed by atoms with Gasteiger partial charge in [0.1, 0.15) is 0 Å². The van der Waals surface area contributed by atoms with E-state index in [2.05, 4.69) is 38.6 Å². The average molecular weight is 466 g/mol. The van der Waals surface area contributed by atoms with Crippen molar-refractivity contribution in [3.05, 3.63) is 83.7 Å². The summed E-state index contributed by atoms with van der Waals surface area (Å²) in [6.45, 7) is 1.64. The number of pyridine rings is 2. The summed E-state index contributed by atoms with van der Waals surface area (Å²) in [6.07, 6.45) is 17.5. The van der Waals surface area contributed by atoms with Crippen LogP contribution in [0, 0.1) is 0 Å². The van der Waals surface area contributed by atoms with Gasteiger partial charge in [-0.1, -0.05) is 6.08 Å². The molecular formula is C27H27N7O. The quantitative estimate of drug-likeness (QED) is 0.472. The number of rotatable bonds is 4. The summed E-state index contributed by atoms with van der Waals surface area (Å²) in [6, 6.07) is 7.92. The number of aryl methyl sites for hydroxylation is 1. The fourth-order valence-electron chi connectivity index (χ4n) is 4.94. The Hall–Kier alpha value is -4.07. The minimum absolute atomic E-state index is 0.0715. The van der Waals surface area contributed by atoms with Crippen molar-refractivity contribution in [2.75, 3.05) is 18.4 Å². The highest BCUT2D eigenvalue weighted by Gasteiger charge is 2.23. The van der Waals surface area contributed by atoms with Crippen LogP contribution in [0.15, 0.2) is 61.3 Å². The Kier molecular flexibility index (Phi) is 5.70. The number of carbonyl (C=O) groups excluding carboxylic acids is 1. The molecule has 176 valence electrons. The third-order valence-electron chi connectivity index (χ3n) is 6.77. The van der Waals surface area contributed by atoms with E-state index >= 15 is 0 Å². The van der Waals surface area contributed by atoms with Crippen LogP contribution < -0.4 is 5.32 Å². The minimum atomic E-state index is 0.0715. The summed E-state index contributed by atoms with van der Waals surface area (Å²) in [5, 5.41) is 7.71. The van der Waals surface area contributed by atoms with Crippen LogP contribution in [0.1, 0.15) is 59.3 Å². The first-order chi connectivity index (χ1) is 17.3. The highest BCUT2D eigenvalue weighted by atomic mass is 16.2. The van der Waals surface area contributed by atoms with Gasteiger partial charge in [-0.2, -0.15) is 5.10 Å². The van der Waals surface area contributed by atoms with Crippen LogP contribution in [-0.2, 0) is 6.42 Å². The molecule has 8 nitrogen and oxygen atoms in total. The number of nitrogens with one attached hydrogen (secondary N) is 1.